The third-order valence-electron chi connectivity index (χ3n) is 4.98. The molecule has 0 heterocycles. The van der Waals surface area contributed by atoms with Gasteiger partial charge in [-0.05, 0) is 23.0 Å². The lowest BCUT2D eigenvalue weighted by Crippen LogP contribution is -2.43. The van der Waals surface area contributed by atoms with E-state index in [9.17, 15) is 9.50 Å². The van der Waals surface area contributed by atoms with Crippen molar-refractivity contribution < 1.29 is 9.50 Å². The summed E-state index contributed by atoms with van der Waals surface area (Å²) in [5.41, 5.74) is 4.85. The van der Waals surface area contributed by atoms with E-state index in [-0.39, 0.29) is 0 Å². The fourth-order valence-corrected chi connectivity index (χ4v) is 8.90. The standard InChI is InChI=1S/C19H37FOSi/c1-8-9-10-11-12-19(21)18(20)13-14-22(15(2)3,16(4)5)17(6)7/h15-19,21H,8-12H2,1-7H3. The largest absolute Gasteiger partial charge is 0.389 e. The quantitative estimate of drug-likeness (QED) is 0.318. The second-order valence-electron chi connectivity index (χ2n) is 7.48. The first-order valence-electron chi connectivity index (χ1n) is 9.04. The second kappa shape index (κ2) is 10.4. The van der Waals surface area contributed by atoms with E-state index in [1.54, 1.807) is 0 Å². The van der Waals surface area contributed by atoms with Crippen LogP contribution in [0.15, 0.2) is 0 Å². The molecule has 1 N–H and O–H groups in total. The molecule has 0 aliphatic carbocycles. The van der Waals surface area contributed by atoms with Gasteiger partial charge in [-0.3, -0.25) is 0 Å². The molecular weight excluding hydrogens is 291 g/mol. The van der Waals surface area contributed by atoms with Crippen molar-refractivity contribution in [3.8, 4) is 11.5 Å². The normalized spacial score (nSPS) is 15.1. The van der Waals surface area contributed by atoms with Crippen LogP contribution in [0.2, 0.25) is 16.6 Å². The first-order valence-corrected chi connectivity index (χ1v) is 11.3. The van der Waals surface area contributed by atoms with Gasteiger partial charge in [-0.1, -0.05) is 80.1 Å². The maximum atomic E-state index is 14.2. The summed E-state index contributed by atoms with van der Waals surface area (Å²) in [7, 11) is -1.89. The molecule has 0 radical (unpaired) electrons. The van der Waals surface area contributed by atoms with Gasteiger partial charge >= 0.3 is 0 Å². The Morgan fingerprint density at radius 3 is 1.82 bits per heavy atom. The topological polar surface area (TPSA) is 20.2 Å². The minimum absolute atomic E-state index is 0.494. The predicted octanol–water partition coefficient (Wildman–Crippen LogP) is 5.88. The van der Waals surface area contributed by atoms with Crippen LogP contribution in [0.1, 0.15) is 80.6 Å². The van der Waals surface area contributed by atoms with Crippen LogP contribution >= 0.6 is 0 Å². The van der Waals surface area contributed by atoms with Crippen molar-refractivity contribution in [3.63, 3.8) is 0 Å². The van der Waals surface area contributed by atoms with E-state index in [0.29, 0.717) is 23.0 Å². The van der Waals surface area contributed by atoms with Gasteiger partial charge in [-0.25, -0.2) is 4.39 Å². The molecule has 0 amide bonds. The van der Waals surface area contributed by atoms with Crippen molar-refractivity contribution in [2.45, 2.75) is 109 Å². The fraction of sp³-hybridized carbons (Fsp3) is 0.895. The molecule has 2 atom stereocenters. The van der Waals surface area contributed by atoms with Crippen molar-refractivity contribution in [1.29, 1.82) is 0 Å². The lowest BCUT2D eigenvalue weighted by Gasteiger charge is -2.38. The van der Waals surface area contributed by atoms with Crippen LogP contribution in [-0.2, 0) is 0 Å². The summed E-state index contributed by atoms with van der Waals surface area (Å²) < 4.78 is 14.2. The van der Waals surface area contributed by atoms with Gasteiger partial charge in [0.1, 0.15) is 8.07 Å². The lowest BCUT2D eigenvalue weighted by molar-refractivity contribution is 0.0969. The highest BCUT2D eigenvalue weighted by molar-refractivity contribution is 6.90. The molecule has 0 rings (SSSR count). The van der Waals surface area contributed by atoms with Gasteiger partial charge in [0.05, 0.1) is 6.10 Å². The summed E-state index contributed by atoms with van der Waals surface area (Å²) in [6, 6.07) is 0. The summed E-state index contributed by atoms with van der Waals surface area (Å²) in [5.74, 6) is 2.80. The molecule has 0 aliphatic rings. The van der Waals surface area contributed by atoms with E-state index in [1.165, 1.54) is 0 Å². The number of halogens is 1. The van der Waals surface area contributed by atoms with Gasteiger partial charge in [0.2, 0.25) is 0 Å². The molecule has 22 heavy (non-hydrogen) atoms. The highest BCUT2D eigenvalue weighted by Gasteiger charge is 2.41. The molecule has 0 aromatic carbocycles. The van der Waals surface area contributed by atoms with Gasteiger partial charge in [0.25, 0.3) is 0 Å². The van der Waals surface area contributed by atoms with Crippen molar-refractivity contribution in [2.75, 3.05) is 0 Å². The number of aliphatic hydroxyl groups is 1. The van der Waals surface area contributed by atoms with E-state index >= 15 is 0 Å². The predicted molar refractivity (Wildman–Crippen MR) is 98.5 cm³/mol. The van der Waals surface area contributed by atoms with Crippen molar-refractivity contribution in [2.24, 2.45) is 0 Å². The zero-order valence-electron chi connectivity index (χ0n) is 15.7. The van der Waals surface area contributed by atoms with Crippen LogP contribution in [-0.4, -0.2) is 25.5 Å². The zero-order chi connectivity index (χ0) is 17.3. The molecule has 0 aromatic heterocycles. The maximum absolute atomic E-state index is 14.2. The van der Waals surface area contributed by atoms with Gasteiger partial charge in [0, 0.05) is 0 Å². The maximum Gasteiger partial charge on any atom is 0.185 e. The van der Waals surface area contributed by atoms with Crippen LogP contribution in [0.4, 0.5) is 4.39 Å². The zero-order valence-corrected chi connectivity index (χ0v) is 16.7. The summed E-state index contributed by atoms with van der Waals surface area (Å²) >= 11 is 0. The average molecular weight is 329 g/mol. The number of hydrogen-bond donors (Lipinski definition) is 1. The SMILES string of the molecule is CCCCCCC(O)C(F)C#C[Si](C(C)C)(C(C)C)C(C)C. The van der Waals surface area contributed by atoms with Crippen molar-refractivity contribution >= 4 is 8.07 Å². The second-order valence-corrected chi connectivity index (χ2v) is 13.1. The molecule has 0 aromatic rings. The van der Waals surface area contributed by atoms with Gasteiger partial charge < -0.3 is 5.11 Å². The van der Waals surface area contributed by atoms with Crippen LogP contribution < -0.4 is 0 Å². The number of unbranched alkanes of at least 4 members (excludes halogenated alkanes) is 3. The molecule has 130 valence electrons. The third-order valence-corrected chi connectivity index (χ3v) is 11.3. The minimum Gasteiger partial charge on any atom is -0.389 e. The number of alkyl halides is 1. The number of aliphatic hydroxyl groups excluding tert-OH is 1. The molecule has 3 heteroatoms. The molecule has 0 saturated heterocycles. The van der Waals surface area contributed by atoms with Gasteiger partial charge in [-0.2, -0.15) is 0 Å². The van der Waals surface area contributed by atoms with Crippen LogP contribution in [0, 0.1) is 11.5 Å². The van der Waals surface area contributed by atoms with E-state index < -0.39 is 20.3 Å². The van der Waals surface area contributed by atoms with E-state index in [0.717, 1.165) is 25.7 Å². The Morgan fingerprint density at radius 1 is 0.909 bits per heavy atom. The Kier molecular flexibility index (Phi) is 10.3. The Bertz CT molecular complexity index is 332. The smallest absolute Gasteiger partial charge is 0.185 e. The summed E-state index contributed by atoms with van der Waals surface area (Å²) in [4.78, 5) is 0. The number of hydrogen-bond acceptors (Lipinski definition) is 1. The monoisotopic (exact) mass is 328 g/mol. The summed E-state index contributed by atoms with van der Waals surface area (Å²) in [6.07, 6.45) is 2.45. The Hall–Kier alpha value is -0.333. The highest BCUT2D eigenvalue weighted by Crippen LogP contribution is 2.40. The molecular formula is C19H37FOSi. The molecule has 0 aliphatic heterocycles. The van der Waals surface area contributed by atoms with E-state index in [2.05, 4.69) is 59.9 Å². The third kappa shape index (κ3) is 6.05. The Balaban J connectivity index is 4.90. The van der Waals surface area contributed by atoms with Crippen LogP contribution in [0.25, 0.3) is 0 Å². The van der Waals surface area contributed by atoms with Crippen LogP contribution in [0.5, 0.6) is 0 Å². The van der Waals surface area contributed by atoms with Gasteiger partial charge in [0.15, 0.2) is 6.17 Å². The average Bonchev–Trinajstić information content (AvgIpc) is 2.42. The number of rotatable bonds is 9. The lowest BCUT2D eigenvalue weighted by atomic mass is 10.1. The first kappa shape index (κ1) is 21.7. The molecule has 0 spiro atoms. The van der Waals surface area contributed by atoms with Gasteiger partial charge in [-0.15, -0.1) is 5.54 Å². The van der Waals surface area contributed by atoms with E-state index in [1.807, 2.05) is 0 Å². The molecule has 2 unspecified atom stereocenters. The van der Waals surface area contributed by atoms with Crippen LogP contribution in [0.3, 0.4) is 0 Å². The highest BCUT2D eigenvalue weighted by atomic mass is 28.3. The Labute approximate surface area is 139 Å². The molecule has 0 fully saturated rings. The summed E-state index contributed by atoms with van der Waals surface area (Å²) in [6.45, 7) is 15.5. The molecule has 0 saturated carbocycles. The van der Waals surface area contributed by atoms with Crippen molar-refractivity contribution in [1.82, 2.24) is 0 Å². The van der Waals surface area contributed by atoms with Crippen molar-refractivity contribution in [3.05, 3.63) is 0 Å². The molecule has 0 bridgehead atoms. The molecule has 1 nitrogen and oxygen atoms in total. The summed E-state index contributed by atoms with van der Waals surface area (Å²) in [5, 5.41) is 9.97. The van der Waals surface area contributed by atoms with E-state index in [4.69, 9.17) is 0 Å². The first-order chi connectivity index (χ1) is 10.2. The fourth-order valence-electron chi connectivity index (χ4n) is 3.65. The Morgan fingerprint density at radius 2 is 1.41 bits per heavy atom. The minimum atomic E-state index is -1.89.